The molecule has 1 fully saturated rings. The van der Waals surface area contributed by atoms with Crippen molar-refractivity contribution >= 4 is 23.0 Å². The fraction of sp³-hybridized carbons (Fsp3) is 0.333. The molecule has 0 amide bonds. The molecule has 0 unspecified atom stereocenters. The van der Waals surface area contributed by atoms with Gasteiger partial charge in [0.15, 0.2) is 0 Å². The first-order chi connectivity index (χ1) is 10.6. The summed E-state index contributed by atoms with van der Waals surface area (Å²) in [7, 11) is 0. The van der Waals surface area contributed by atoms with E-state index in [-0.39, 0.29) is 10.9 Å². The number of hydrogen-bond donors (Lipinski definition) is 1. The van der Waals surface area contributed by atoms with Gasteiger partial charge in [-0.05, 0) is 12.8 Å². The number of carboxylic acids is 1. The fourth-order valence-electron chi connectivity index (χ4n) is 2.66. The molecule has 0 atom stereocenters. The summed E-state index contributed by atoms with van der Waals surface area (Å²) in [5, 5.41) is 9.37. The lowest BCUT2D eigenvalue weighted by Crippen LogP contribution is -2.23. The summed E-state index contributed by atoms with van der Waals surface area (Å²) in [4.78, 5) is 34.2. The molecular formula is C15H16N4O3. The normalized spacial score (nSPS) is 14.5. The van der Waals surface area contributed by atoms with Crippen molar-refractivity contribution < 1.29 is 9.90 Å². The maximum atomic E-state index is 12.2. The van der Waals surface area contributed by atoms with E-state index < -0.39 is 11.4 Å². The van der Waals surface area contributed by atoms with Crippen LogP contribution in [0, 0.1) is 0 Å². The lowest BCUT2D eigenvalue weighted by Gasteiger charge is -2.16. The number of nitrogens with zero attached hydrogens (tertiary/aromatic N) is 4. The summed E-state index contributed by atoms with van der Waals surface area (Å²) in [6.45, 7) is 5.81. The molecule has 2 aromatic rings. The van der Waals surface area contributed by atoms with Gasteiger partial charge in [0.2, 0.25) is 11.4 Å². The number of aromatic nitrogens is 3. The maximum Gasteiger partial charge on any atom is 0.341 e. The van der Waals surface area contributed by atoms with Crippen molar-refractivity contribution in [3.05, 3.63) is 40.8 Å². The third-order valence-electron chi connectivity index (χ3n) is 3.75. The average molecular weight is 300 g/mol. The van der Waals surface area contributed by atoms with Gasteiger partial charge < -0.3 is 14.6 Å². The zero-order valence-electron chi connectivity index (χ0n) is 12.0. The first-order valence-corrected chi connectivity index (χ1v) is 7.11. The molecule has 0 saturated carbocycles. The highest BCUT2D eigenvalue weighted by Crippen LogP contribution is 2.18. The predicted octanol–water partition coefficient (Wildman–Crippen LogP) is 1.28. The third-order valence-corrected chi connectivity index (χ3v) is 3.75. The minimum atomic E-state index is -1.26. The van der Waals surface area contributed by atoms with Crippen LogP contribution < -0.4 is 10.3 Å². The van der Waals surface area contributed by atoms with Gasteiger partial charge in [-0.15, -0.1) is 6.58 Å². The van der Waals surface area contributed by atoms with E-state index in [2.05, 4.69) is 21.4 Å². The summed E-state index contributed by atoms with van der Waals surface area (Å²) in [6, 6.07) is 0. The van der Waals surface area contributed by atoms with Gasteiger partial charge in [-0.3, -0.25) is 4.79 Å². The second-order valence-electron chi connectivity index (χ2n) is 5.22. The largest absolute Gasteiger partial charge is 0.477 e. The molecule has 0 bridgehead atoms. The van der Waals surface area contributed by atoms with Gasteiger partial charge in [-0.25, -0.2) is 9.78 Å². The van der Waals surface area contributed by atoms with Crippen LogP contribution in [0.1, 0.15) is 23.2 Å². The first kappa shape index (κ1) is 14.2. The SMILES string of the molecule is C=CCn1cc(C(=O)O)c(=O)c2cnc(N3CCCC3)nc21. The third kappa shape index (κ3) is 2.34. The van der Waals surface area contributed by atoms with Crippen LogP contribution in [0.15, 0.2) is 29.8 Å². The summed E-state index contributed by atoms with van der Waals surface area (Å²) < 4.78 is 1.62. The van der Waals surface area contributed by atoms with E-state index >= 15 is 0 Å². The van der Waals surface area contributed by atoms with E-state index in [0.717, 1.165) is 25.9 Å². The highest BCUT2D eigenvalue weighted by molar-refractivity contribution is 5.91. The second-order valence-corrected chi connectivity index (χ2v) is 5.22. The van der Waals surface area contributed by atoms with Crippen molar-refractivity contribution in [2.24, 2.45) is 0 Å². The monoisotopic (exact) mass is 300 g/mol. The number of carbonyl (C=O) groups is 1. The van der Waals surface area contributed by atoms with E-state index in [0.29, 0.717) is 18.1 Å². The van der Waals surface area contributed by atoms with Crippen LogP contribution in [-0.4, -0.2) is 38.7 Å². The lowest BCUT2D eigenvalue weighted by molar-refractivity contribution is 0.0695. The summed E-state index contributed by atoms with van der Waals surface area (Å²) in [6.07, 6.45) is 6.56. The Morgan fingerprint density at radius 2 is 2.14 bits per heavy atom. The van der Waals surface area contributed by atoms with Gasteiger partial charge in [0.1, 0.15) is 11.2 Å². The maximum absolute atomic E-state index is 12.2. The van der Waals surface area contributed by atoms with E-state index in [9.17, 15) is 9.59 Å². The van der Waals surface area contributed by atoms with E-state index in [1.165, 1.54) is 12.4 Å². The van der Waals surface area contributed by atoms with E-state index in [1.54, 1.807) is 10.6 Å². The van der Waals surface area contributed by atoms with Crippen LogP contribution >= 0.6 is 0 Å². The highest BCUT2D eigenvalue weighted by Gasteiger charge is 2.19. The fourth-order valence-corrected chi connectivity index (χ4v) is 2.66. The van der Waals surface area contributed by atoms with Crippen LogP contribution in [-0.2, 0) is 6.54 Å². The molecule has 3 heterocycles. The molecule has 7 heteroatoms. The van der Waals surface area contributed by atoms with Gasteiger partial charge in [0, 0.05) is 32.0 Å². The van der Waals surface area contributed by atoms with Crippen LogP contribution in [0.3, 0.4) is 0 Å². The van der Waals surface area contributed by atoms with Gasteiger partial charge in [0.25, 0.3) is 0 Å². The summed E-state index contributed by atoms with van der Waals surface area (Å²) in [5.41, 5.74) is -0.408. The molecule has 7 nitrogen and oxygen atoms in total. The number of allylic oxidation sites excluding steroid dienone is 1. The number of pyridine rings is 1. The number of aromatic carboxylic acids is 1. The average Bonchev–Trinajstić information content (AvgIpc) is 3.04. The molecule has 1 N–H and O–H groups in total. The first-order valence-electron chi connectivity index (χ1n) is 7.11. The molecule has 0 aliphatic carbocycles. The Morgan fingerprint density at radius 3 is 2.77 bits per heavy atom. The Morgan fingerprint density at radius 1 is 1.41 bits per heavy atom. The molecule has 3 rings (SSSR count). The predicted molar refractivity (Wildman–Crippen MR) is 82.4 cm³/mol. The number of rotatable bonds is 4. The van der Waals surface area contributed by atoms with Crippen molar-refractivity contribution in [2.75, 3.05) is 18.0 Å². The van der Waals surface area contributed by atoms with Crippen LogP contribution in [0.5, 0.6) is 0 Å². The standard InChI is InChI=1S/C15H16N4O3/c1-2-5-19-9-11(14(21)22)12(20)10-8-16-15(17-13(10)19)18-6-3-4-7-18/h2,8-9H,1,3-7H2,(H,21,22). The van der Waals surface area contributed by atoms with Crippen LogP contribution in [0.25, 0.3) is 11.0 Å². The zero-order chi connectivity index (χ0) is 15.7. The molecule has 22 heavy (non-hydrogen) atoms. The Labute approximate surface area is 126 Å². The summed E-state index contributed by atoms with van der Waals surface area (Å²) in [5.74, 6) is -0.682. The number of carboxylic acid groups (broad SMARTS) is 1. The van der Waals surface area contributed by atoms with Crippen LogP contribution in [0.4, 0.5) is 5.95 Å². The van der Waals surface area contributed by atoms with Gasteiger partial charge in [0.05, 0.1) is 5.39 Å². The molecule has 0 aromatic carbocycles. The van der Waals surface area contributed by atoms with Crippen LogP contribution in [0.2, 0.25) is 0 Å². The molecule has 1 saturated heterocycles. The van der Waals surface area contributed by atoms with E-state index in [1.807, 2.05) is 0 Å². The smallest absolute Gasteiger partial charge is 0.341 e. The minimum absolute atomic E-state index is 0.213. The number of fused-ring (bicyclic) bond motifs is 1. The minimum Gasteiger partial charge on any atom is -0.477 e. The van der Waals surface area contributed by atoms with Gasteiger partial charge in [-0.1, -0.05) is 6.08 Å². The Hall–Kier alpha value is -2.70. The van der Waals surface area contributed by atoms with Crippen molar-refractivity contribution in [3.8, 4) is 0 Å². The molecule has 1 aliphatic heterocycles. The topological polar surface area (TPSA) is 88.3 Å². The number of anilines is 1. The Balaban J connectivity index is 2.23. The molecule has 0 spiro atoms. The van der Waals surface area contributed by atoms with E-state index in [4.69, 9.17) is 5.11 Å². The molecule has 1 aliphatic rings. The van der Waals surface area contributed by atoms with Crippen molar-refractivity contribution in [2.45, 2.75) is 19.4 Å². The van der Waals surface area contributed by atoms with Gasteiger partial charge >= 0.3 is 5.97 Å². The lowest BCUT2D eigenvalue weighted by atomic mass is 10.2. The Kier molecular flexibility index (Phi) is 3.62. The molecular weight excluding hydrogens is 284 g/mol. The van der Waals surface area contributed by atoms with Crippen molar-refractivity contribution in [1.29, 1.82) is 0 Å². The number of hydrogen-bond acceptors (Lipinski definition) is 5. The Bertz CT molecular complexity index is 806. The summed E-state index contributed by atoms with van der Waals surface area (Å²) >= 11 is 0. The zero-order valence-corrected chi connectivity index (χ0v) is 12.0. The molecule has 114 valence electrons. The van der Waals surface area contributed by atoms with Crippen molar-refractivity contribution in [1.82, 2.24) is 14.5 Å². The quantitative estimate of drug-likeness (QED) is 0.856. The second kappa shape index (κ2) is 5.59. The van der Waals surface area contributed by atoms with Crippen molar-refractivity contribution in [3.63, 3.8) is 0 Å². The molecule has 0 radical (unpaired) electrons. The molecule has 2 aromatic heterocycles. The van der Waals surface area contributed by atoms with Gasteiger partial charge in [-0.2, -0.15) is 4.98 Å². The highest BCUT2D eigenvalue weighted by atomic mass is 16.4.